The van der Waals surface area contributed by atoms with E-state index in [9.17, 15) is 12.8 Å². The van der Waals surface area contributed by atoms with E-state index in [0.29, 0.717) is 12.2 Å². The number of sulfonamides is 1. The predicted octanol–water partition coefficient (Wildman–Crippen LogP) is 4.11. The first-order valence-electron chi connectivity index (χ1n) is 8.96. The summed E-state index contributed by atoms with van der Waals surface area (Å²) in [6, 6.07) is 18.9. The number of halogens is 1. The topological polar surface area (TPSA) is 64.6 Å². The molecular weight excluding hydrogens is 393 g/mol. The lowest BCUT2D eigenvalue weighted by Crippen LogP contribution is -2.30. The van der Waals surface area contributed by atoms with Gasteiger partial charge in [-0.25, -0.2) is 17.5 Å². The molecular formula is C22H22FNO4S. The molecule has 0 saturated carbocycles. The van der Waals surface area contributed by atoms with Crippen LogP contribution < -0.4 is 14.2 Å². The fraction of sp³-hybridized carbons (Fsp3) is 0.182. The van der Waals surface area contributed by atoms with Crippen molar-refractivity contribution in [2.45, 2.75) is 17.4 Å². The quantitative estimate of drug-likeness (QED) is 0.602. The normalized spacial score (nSPS) is 12.4. The van der Waals surface area contributed by atoms with Gasteiger partial charge in [0.15, 0.2) is 0 Å². The van der Waals surface area contributed by atoms with E-state index in [1.807, 2.05) is 36.4 Å². The zero-order valence-electron chi connectivity index (χ0n) is 16.1. The van der Waals surface area contributed by atoms with Crippen molar-refractivity contribution >= 4 is 10.0 Å². The number of hydrogen-bond acceptors (Lipinski definition) is 4. The van der Waals surface area contributed by atoms with Gasteiger partial charge in [-0.1, -0.05) is 24.3 Å². The molecule has 0 radical (unpaired) electrons. The lowest BCUT2D eigenvalue weighted by atomic mass is 9.99. The van der Waals surface area contributed by atoms with Crippen LogP contribution in [0, 0.1) is 5.82 Å². The standard InChI is InChI=1S/C22H22FNO4S/c1-27-19-9-3-16(4-10-19)15-22(17-5-11-20(28-2)12-6-17)24-29(25,26)21-13-7-18(23)8-14-21/h3-14,22,24H,15H2,1-2H3. The number of methoxy groups -OCH3 is 2. The maximum Gasteiger partial charge on any atom is 0.241 e. The fourth-order valence-corrected chi connectivity index (χ4v) is 4.15. The number of nitrogens with one attached hydrogen (secondary N) is 1. The molecule has 0 saturated heterocycles. The summed E-state index contributed by atoms with van der Waals surface area (Å²) in [6.07, 6.45) is 0.427. The monoisotopic (exact) mass is 415 g/mol. The molecule has 5 nitrogen and oxygen atoms in total. The zero-order chi connectivity index (χ0) is 20.9. The summed E-state index contributed by atoms with van der Waals surface area (Å²) in [4.78, 5) is 0.00661. The third kappa shape index (κ3) is 5.34. The van der Waals surface area contributed by atoms with E-state index in [4.69, 9.17) is 9.47 Å². The van der Waals surface area contributed by atoms with Crippen LogP contribution in [0.2, 0.25) is 0 Å². The van der Waals surface area contributed by atoms with Crippen LogP contribution >= 0.6 is 0 Å². The summed E-state index contributed by atoms with van der Waals surface area (Å²) in [5.74, 6) is 0.911. The molecule has 1 N–H and O–H groups in total. The Kier molecular flexibility index (Phi) is 6.51. The Bertz CT molecular complexity index is 1030. The first-order chi connectivity index (χ1) is 13.9. The van der Waals surface area contributed by atoms with Gasteiger partial charge in [-0.15, -0.1) is 0 Å². The van der Waals surface area contributed by atoms with E-state index in [0.717, 1.165) is 29.0 Å². The predicted molar refractivity (Wildman–Crippen MR) is 109 cm³/mol. The highest BCUT2D eigenvalue weighted by Crippen LogP contribution is 2.25. The van der Waals surface area contributed by atoms with Gasteiger partial charge in [0.25, 0.3) is 0 Å². The molecule has 1 unspecified atom stereocenters. The van der Waals surface area contributed by atoms with E-state index in [2.05, 4.69) is 4.72 Å². The Morgan fingerprint density at radius 2 is 1.34 bits per heavy atom. The van der Waals surface area contributed by atoms with E-state index in [-0.39, 0.29) is 4.90 Å². The van der Waals surface area contributed by atoms with Crippen molar-refractivity contribution in [3.63, 3.8) is 0 Å². The molecule has 0 fully saturated rings. The number of rotatable bonds is 8. The van der Waals surface area contributed by atoms with Gasteiger partial charge >= 0.3 is 0 Å². The van der Waals surface area contributed by atoms with Gasteiger partial charge in [0.1, 0.15) is 17.3 Å². The molecule has 0 aliphatic carbocycles. The van der Waals surface area contributed by atoms with Crippen molar-refractivity contribution in [1.82, 2.24) is 4.72 Å². The average Bonchev–Trinajstić information content (AvgIpc) is 2.74. The summed E-state index contributed by atoms with van der Waals surface area (Å²) < 4.78 is 52.0. The molecule has 0 heterocycles. The minimum absolute atomic E-state index is 0.00661. The van der Waals surface area contributed by atoms with Gasteiger partial charge in [-0.05, 0) is 66.1 Å². The Morgan fingerprint density at radius 3 is 1.86 bits per heavy atom. The molecule has 152 valence electrons. The molecule has 0 aliphatic heterocycles. The Hall–Kier alpha value is -2.90. The Balaban J connectivity index is 1.91. The van der Waals surface area contributed by atoms with Crippen LogP contribution in [0.4, 0.5) is 4.39 Å². The lowest BCUT2D eigenvalue weighted by Gasteiger charge is -2.20. The molecule has 3 aromatic rings. The summed E-state index contributed by atoms with van der Waals surface area (Å²) in [6.45, 7) is 0. The number of ether oxygens (including phenoxy) is 2. The van der Waals surface area contributed by atoms with Crippen molar-refractivity contribution < 1.29 is 22.3 Å². The van der Waals surface area contributed by atoms with Crippen LogP contribution in [0.25, 0.3) is 0 Å². The summed E-state index contributed by atoms with van der Waals surface area (Å²) >= 11 is 0. The first-order valence-corrected chi connectivity index (χ1v) is 10.4. The van der Waals surface area contributed by atoms with Crippen molar-refractivity contribution in [1.29, 1.82) is 0 Å². The molecule has 0 aromatic heterocycles. The fourth-order valence-electron chi connectivity index (χ4n) is 2.93. The third-order valence-corrected chi connectivity index (χ3v) is 6.03. The first kappa shape index (κ1) is 20.8. The van der Waals surface area contributed by atoms with Crippen molar-refractivity contribution in [2.75, 3.05) is 14.2 Å². The third-order valence-electron chi connectivity index (χ3n) is 4.54. The molecule has 3 rings (SSSR count). The Labute approximate surface area is 170 Å². The molecule has 1 atom stereocenters. The molecule has 0 amide bonds. The molecule has 7 heteroatoms. The van der Waals surface area contributed by atoms with Gasteiger partial charge in [-0.3, -0.25) is 0 Å². The van der Waals surface area contributed by atoms with Gasteiger partial charge in [-0.2, -0.15) is 0 Å². The summed E-state index contributed by atoms with van der Waals surface area (Å²) in [5.41, 5.74) is 1.72. The molecule has 29 heavy (non-hydrogen) atoms. The van der Waals surface area contributed by atoms with Crippen molar-refractivity contribution in [3.05, 3.63) is 89.7 Å². The second-order valence-corrected chi connectivity index (χ2v) is 8.17. The van der Waals surface area contributed by atoms with Crippen molar-refractivity contribution in [3.8, 4) is 11.5 Å². The van der Waals surface area contributed by atoms with Crippen LogP contribution in [0.3, 0.4) is 0 Å². The maximum absolute atomic E-state index is 13.2. The van der Waals surface area contributed by atoms with Crippen LogP contribution in [0.1, 0.15) is 17.2 Å². The highest BCUT2D eigenvalue weighted by Gasteiger charge is 2.22. The summed E-state index contributed by atoms with van der Waals surface area (Å²) in [5, 5.41) is 0. The summed E-state index contributed by atoms with van der Waals surface area (Å²) in [7, 11) is -0.686. The van der Waals surface area contributed by atoms with Crippen molar-refractivity contribution in [2.24, 2.45) is 0 Å². The lowest BCUT2D eigenvalue weighted by molar-refractivity contribution is 0.414. The van der Waals surface area contributed by atoms with Crippen LogP contribution in [0.15, 0.2) is 77.7 Å². The molecule has 3 aromatic carbocycles. The van der Waals surface area contributed by atoms with Crippen LogP contribution in [0.5, 0.6) is 11.5 Å². The second kappa shape index (κ2) is 9.07. The van der Waals surface area contributed by atoms with Gasteiger partial charge in [0.05, 0.1) is 25.2 Å². The maximum atomic E-state index is 13.2. The number of hydrogen-bond donors (Lipinski definition) is 1. The van der Waals surface area contributed by atoms with Crippen LogP contribution in [-0.4, -0.2) is 22.6 Å². The second-order valence-electron chi connectivity index (χ2n) is 6.45. The highest BCUT2D eigenvalue weighted by atomic mass is 32.2. The molecule has 0 spiro atoms. The highest BCUT2D eigenvalue weighted by molar-refractivity contribution is 7.89. The SMILES string of the molecule is COc1ccc(CC(NS(=O)(=O)c2ccc(F)cc2)c2ccc(OC)cc2)cc1. The van der Waals surface area contributed by atoms with E-state index in [1.54, 1.807) is 26.4 Å². The van der Waals surface area contributed by atoms with Gasteiger partial charge in [0.2, 0.25) is 10.0 Å². The zero-order valence-corrected chi connectivity index (χ0v) is 16.9. The molecule has 0 bridgehead atoms. The largest absolute Gasteiger partial charge is 0.497 e. The van der Waals surface area contributed by atoms with E-state index >= 15 is 0 Å². The van der Waals surface area contributed by atoms with E-state index < -0.39 is 21.9 Å². The number of benzene rings is 3. The van der Waals surface area contributed by atoms with Gasteiger partial charge in [0, 0.05) is 0 Å². The van der Waals surface area contributed by atoms with Crippen LogP contribution in [-0.2, 0) is 16.4 Å². The Morgan fingerprint density at radius 1 is 0.828 bits per heavy atom. The van der Waals surface area contributed by atoms with E-state index in [1.165, 1.54) is 12.1 Å². The minimum atomic E-state index is -3.85. The minimum Gasteiger partial charge on any atom is -0.497 e. The molecule has 0 aliphatic rings. The smallest absolute Gasteiger partial charge is 0.241 e. The average molecular weight is 415 g/mol. The van der Waals surface area contributed by atoms with Gasteiger partial charge < -0.3 is 9.47 Å².